The molecule has 0 N–H and O–H groups in total. The van der Waals surface area contributed by atoms with Crippen LogP contribution in [0.1, 0.15) is 18.9 Å². The number of carbonyl (C=O) groups is 1. The zero-order chi connectivity index (χ0) is 13.4. The Morgan fingerprint density at radius 2 is 2.39 bits per heavy atom. The molecule has 1 aromatic rings. The van der Waals surface area contributed by atoms with Gasteiger partial charge in [-0.2, -0.15) is 10.4 Å². The van der Waals surface area contributed by atoms with Gasteiger partial charge in [0.1, 0.15) is 5.75 Å². The van der Waals surface area contributed by atoms with E-state index in [4.69, 9.17) is 10.00 Å². The quantitative estimate of drug-likeness (QED) is 0.586. The first-order valence-corrected chi connectivity index (χ1v) is 5.50. The maximum absolute atomic E-state index is 11.3. The van der Waals surface area contributed by atoms with Crippen molar-refractivity contribution in [1.29, 1.82) is 5.26 Å². The number of hydrogen-bond donors (Lipinski definition) is 0. The van der Waals surface area contributed by atoms with Crippen LogP contribution in [0.25, 0.3) is 0 Å². The first-order chi connectivity index (χ1) is 8.67. The molecule has 0 fully saturated rings. The van der Waals surface area contributed by atoms with E-state index in [2.05, 4.69) is 5.10 Å². The Morgan fingerprint density at radius 3 is 3.00 bits per heavy atom. The third-order valence-electron chi connectivity index (χ3n) is 2.24. The predicted molar refractivity (Wildman–Crippen MR) is 68.2 cm³/mol. The molecule has 0 aliphatic rings. The molecule has 0 aliphatic carbocycles. The lowest BCUT2D eigenvalue weighted by Gasteiger charge is -2.12. The van der Waals surface area contributed by atoms with Crippen molar-refractivity contribution in [2.45, 2.75) is 13.3 Å². The van der Waals surface area contributed by atoms with Crippen LogP contribution in [0, 0.1) is 11.3 Å². The zero-order valence-electron chi connectivity index (χ0n) is 10.5. The van der Waals surface area contributed by atoms with E-state index < -0.39 is 0 Å². The second-order valence-corrected chi connectivity index (χ2v) is 3.57. The molecule has 0 aliphatic heterocycles. The number of amides is 1. The number of benzene rings is 1. The minimum Gasteiger partial charge on any atom is -0.497 e. The number of hydrogen-bond acceptors (Lipinski definition) is 4. The smallest absolute Gasteiger partial charge is 0.239 e. The summed E-state index contributed by atoms with van der Waals surface area (Å²) in [6.07, 6.45) is 1.83. The summed E-state index contributed by atoms with van der Waals surface area (Å²) >= 11 is 0. The van der Waals surface area contributed by atoms with Crippen molar-refractivity contribution >= 4 is 12.1 Å². The van der Waals surface area contributed by atoms with Crippen molar-refractivity contribution in [2.75, 3.05) is 13.7 Å². The van der Waals surface area contributed by atoms with Gasteiger partial charge < -0.3 is 4.74 Å². The number of ether oxygens (including phenoxy) is 1. The molecule has 0 unspecified atom stereocenters. The Balaban J connectivity index is 2.75. The Hall–Kier alpha value is -2.35. The fraction of sp³-hybridized carbons (Fsp3) is 0.308. The van der Waals surface area contributed by atoms with E-state index in [1.54, 1.807) is 13.3 Å². The summed E-state index contributed by atoms with van der Waals surface area (Å²) in [5, 5.41) is 13.8. The van der Waals surface area contributed by atoms with Crippen LogP contribution >= 0.6 is 0 Å². The van der Waals surface area contributed by atoms with Gasteiger partial charge in [-0.25, -0.2) is 5.01 Å². The number of hydrazone groups is 1. The third-order valence-corrected chi connectivity index (χ3v) is 2.24. The summed E-state index contributed by atoms with van der Waals surface area (Å²) < 4.78 is 5.09. The van der Waals surface area contributed by atoms with Gasteiger partial charge in [-0.3, -0.25) is 4.79 Å². The van der Waals surface area contributed by atoms with Gasteiger partial charge in [0.15, 0.2) is 0 Å². The van der Waals surface area contributed by atoms with Crippen LogP contribution < -0.4 is 4.74 Å². The number of nitrogens with zero attached hydrogens (tertiary/aromatic N) is 3. The standard InChI is InChI=1S/C13H15N3O2/c1-11(17)16(8-4-7-14)15-10-12-5-3-6-13(9-12)18-2/h3,5-6,9-10H,4,8H2,1-2H3/b15-10+. The maximum atomic E-state index is 11.3. The van der Waals surface area contributed by atoms with Crippen molar-refractivity contribution in [3.05, 3.63) is 29.8 Å². The van der Waals surface area contributed by atoms with Crippen LogP contribution in [0.5, 0.6) is 5.75 Å². The van der Waals surface area contributed by atoms with Crippen LogP contribution in [-0.4, -0.2) is 30.8 Å². The Kier molecular flexibility index (Phi) is 5.39. The van der Waals surface area contributed by atoms with E-state index in [-0.39, 0.29) is 12.3 Å². The molecule has 5 heteroatoms. The molecule has 1 aromatic carbocycles. The second-order valence-electron chi connectivity index (χ2n) is 3.57. The molecule has 0 spiro atoms. The highest BCUT2D eigenvalue weighted by Crippen LogP contribution is 2.11. The molecular formula is C13H15N3O2. The molecular weight excluding hydrogens is 230 g/mol. The summed E-state index contributed by atoms with van der Waals surface area (Å²) in [6, 6.07) is 9.32. The van der Waals surface area contributed by atoms with Crippen molar-refractivity contribution in [3.8, 4) is 11.8 Å². The fourth-order valence-corrected chi connectivity index (χ4v) is 1.31. The minimum absolute atomic E-state index is 0.190. The van der Waals surface area contributed by atoms with Gasteiger partial charge in [0, 0.05) is 6.92 Å². The van der Waals surface area contributed by atoms with Gasteiger partial charge >= 0.3 is 0 Å². The number of rotatable bonds is 5. The number of methoxy groups -OCH3 is 1. The predicted octanol–water partition coefficient (Wildman–Crippen LogP) is 1.79. The fourth-order valence-electron chi connectivity index (χ4n) is 1.31. The van der Waals surface area contributed by atoms with Crippen molar-refractivity contribution in [1.82, 2.24) is 5.01 Å². The largest absolute Gasteiger partial charge is 0.497 e. The first kappa shape index (κ1) is 13.7. The summed E-state index contributed by atoms with van der Waals surface area (Å²) in [5.41, 5.74) is 0.831. The third kappa shape index (κ3) is 4.26. The lowest BCUT2D eigenvalue weighted by molar-refractivity contribution is -0.128. The van der Waals surface area contributed by atoms with Gasteiger partial charge in [0.25, 0.3) is 0 Å². The van der Waals surface area contributed by atoms with Gasteiger partial charge in [-0.05, 0) is 17.7 Å². The van der Waals surface area contributed by atoms with Crippen molar-refractivity contribution in [3.63, 3.8) is 0 Å². The molecule has 1 rings (SSSR count). The van der Waals surface area contributed by atoms with E-state index in [0.29, 0.717) is 6.54 Å². The van der Waals surface area contributed by atoms with E-state index in [9.17, 15) is 4.79 Å². The van der Waals surface area contributed by atoms with Crippen molar-refractivity contribution in [2.24, 2.45) is 5.10 Å². The molecule has 94 valence electrons. The molecule has 1 amide bonds. The average molecular weight is 245 g/mol. The molecule has 0 radical (unpaired) electrons. The highest BCUT2D eigenvalue weighted by Gasteiger charge is 2.05. The van der Waals surface area contributed by atoms with E-state index in [1.807, 2.05) is 30.3 Å². The minimum atomic E-state index is -0.190. The summed E-state index contributed by atoms with van der Waals surface area (Å²) in [7, 11) is 1.59. The van der Waals surface area contributed by atoms with Crippen LogP contribution in [0.3, 0.4) is 0 Å². The van der Waals surface area contributed by atoms with Gasteiger partial charge in [0.2, 0.25) is 5.91 Å². The lowest BCUT2D eigenvalue weighted by atomic mass is 10.2. The first-order valence-electron chi connectivity index (χ1n) is 5.50. The highest BCUT2D eigenvalue weighted by molar-refractivity contribution is 5.82. The summed E-state index contributed by atoms with van der Waals surface area (Å²) in [6.45, 7) is 1.71. The topological polar surface area (TPSA) is 65.7 Å². The van der Waals surface area contributed by atoms with E-state index in [0.717, 1.165) is 11.3 Å². The molecule has 18 heavy (non-hydrogen) atoms. The molecule has 0 bridgehead atoms. The van der Waals surface area contributed by atoms with Gasteiger partial charge in [-0.1, -0.05) is 12.1 Å². The molecule has 0 saturated heterocycles. The molecule has 5 nitrogen and oxygen atoms in total. The van der Waals surface area contributed by atoms with Crippen LogP contribution in [-0.2, 0) is 4.79 Å². The molecule has 0 saturated carbocycles. The number of nitriles is 1. The molecule has 0 aromatic heterocycles. The molecule has 0 atom stereocenters. The van der Waals surface area contributed by atoms with Crippen LogP contribution in [0.15, 0.2) is 29.4 Å². The zero-order valence-corrected chi connectivity index (χ0v) is 10.5. The molecule has 0 heterocycles. The van der Waals surface area contributed by atoms with Gasteiger partial charge in [0.05, 0.1) is 32.4 Å². The Labute approximate surface area is 106 Å². The second kappa shape index (κ2) is 7.07. The average Bonchev–Trinajstić information content (AvgIpc) is 2.38. The van der Waals surface area contributed by atoms with Gasteiger partial charge in [-0.15, -0.1) is 0 Å². The maximum Gasteiger partial charge on any atom is 0.239 e. The van der Waals surface area contributed by atoms with E-state index in [1.165, 1.54) is 11.9 Å². The lowest BCUT2D eigenvalue weighted by Crippen LogP contribution is -2.24. The van der Waals surface area contributed by atoms with Crippen LogP contribution in [0.2, 0.25) is 0 Å². The Bertz CT molecular complexity index is 477. The summed E-state index contributed by atoms with van der Waals surface area (Å²) in [4.78, 5) is 11.3. The SMILES string of the molecule is COc1cccc(/C=N/N(CCC#N)C(C)=O)c1. The monoisotopic (exact) mass is 245 g/mol. The van der Waals surface area contributed by atoms with E-state index >= 15 is 0 Å². The van der Waals surface area contributed by atoms with Crippen LogP contribution in [0.4, 0.5) is 0 Å². The Morgan fingerprint density at radius 1 is 1.61 bits per heavy atom. The number of carbonyl (C=O) groups excluding carboxylic acids is 1. The highest BCUT2D eigenvalue weighted by atomic mass is 16.5. The normalized spacial score (nSPS) is 10.1. The van der Waals surface area contributed by atoms with Crippen molar-refractivity contribution < 1.29 is 9.53 Å². The summed E-state index contributed by atoms with van der Waals surface area (Å²) in [5.74, 6) is 0.537.